The molecule has 0 radical (unpaired) electrons. The highest BCUT2D eigenvalue weighted by molar-refractivity contribution is 5.91. The van der Waals surface area contributed by atoms with Crippen molar-refractivity contribution in [1.82, 2.24) is 4.90 Å². The highest BCUT2D eigenvalue weighted by Crippen LogP contribution is 2.27. The number of furan rings is 1. The van der Waals surface area contributed by atoms with E-state index in [1.54, 1.807) is 24.1 Å². The summed E-state index contributed by atoms with van der Waals surface area (Å²) in [5.41, 5.74) is 0. The molecule has 0 saturated carbocycles. The molecule has 0 N–H and O–H groups in total. The van der Waals surface area contributed by atoms with Gasteiger partial charge in [-0.05, 0) is 38.1 Å². The van der Waals surface area contributed by atoms with Crippen molar-refractivity contribution in [2.75, 3.05) is 20.2 Å². The standard InChI is InChI=1S/C19H23NO5/c1-13-10-20(11-14(2)24-13)19(21)18-9-8-15(25-18)12-23-17-7-5-4-6-16(17)22-3/h4-9,13-14H,10-12H2,1-3H3/t13-,14+. The van der Waals surface area contributed by atoms with Crippen molar-refractivity contribution >= 4 is 5.91 Å². The van der Waals surface area contributed by atoms with Crippen LogP contribution in [0.5, 0.6) is 11.5 Å². The van der Waals surface area contributed by atoms with Gasteiger partial charge in [-0.1, -0.05) is 12.1 Å². The first-order valence-corrected chi connectivity index (χ1v) is 8.36. The Morgan fingerprint density at radius 1 is 1.12 bits per heavy atom. The van der Waals surface area contributed by atoms with Crippen molar-refractivity contribution in [1.29, 1.82) is 0 Å². The van der Waals surface area contributed by atoms with Crippen molar-refractivity contribution in [3.63, 3.8) is 0 Å². The SMILES string of the molecule is COc1ccccc1OCc1ccc(C(=O)N2C[C@@H](C)O[C@@H](C)C2)o1. The monoisotopic (exact) mass is 345 g/mol. The first-order valence-electron chi connectivity index (χ1n) is 8.36. The number of benzene rings is 1. The summed E-state index contributed by atoms with van der Waals surface area (Å²) in [6.45, 7) is 5.28. The van der Waals surface area contributed by atoms with Gasteiger partial charge >= 0.3 is 0 Å². The van der Waals surface area contributed by atoms with Crippen LogP contribution in [0, 0.1) is 0 Å². The molecular weight excluding hydrogens is 322 g/mol. The van der Waals surface area contributed by atoms with Crippen LogP contribution < -0.4 is 9.47 Å². The Balaban J connectivity index is 1.63. The molecule has 0 spiro atoms. The molecule has 2 aromatic rings. The van der Waals surface area contributed by atoms with E-state index in [2.05, 4.69) is 0 Å². The van der Waals surface area contributed by atoms with Gasteiger partial charge in [-0.3, -0.25) is 4.79 Å². The highest BCUT2D eigenvalue weighted by Gasteiger charge is 2.28. The third-order valence-electron chi connectivity index (χ3n) is 4.02. The van der Waals surface area contributed by atoms with Gasteiger partial charge in [0.05, 0.1) is 19.3 Å². The van der Waals surface area contributed by atoms with Crippen LogP contribution in [-0.2, 0) is 11.3 Å². The van der Waals surface area contributed by atoms with E-state index >= 15 is 0 Å². The lowest BCUT2D eigenvalue weighted by Crippen LogP contribution is -2.48. The maximum Gasteiger partial charge on any atom is 0.289 e. The zero-order chi connectivity index (χ0) is 17.8. The van der Waals surface area contributed by atoms with E-state index in [1.165, 1.54) is 0 Å². The van der Waals surface area contributed by atoms with Crippen molar-refractivity contribution in [3.8, 4) is 11.5 Å². The number of nitrogens with zero attached hydrogens (tertiary/aromatic N) is 1. The normalized spacial score (nSPS) is 20.4. The quantitative estimate of drug-likeness (QED) is 0.833. The summed E-state index contributed by atoms with van der Waals surface area (Å²) >= 11 is 0. The molecule has 0 unspecified atom stereocenters. The minimum atomic E-state index is -0.120. The van der Waals surface area contributed by atoms with Gasteiger partial charge in [-0.15, -0.1) is 0 Å². The summed E-state index contributed by atoms with van der Waals surface area (Å²) in [6.07, 6.45) is 0.0482. The van der Waals surface area contributed by atoms with Gasteiger partial charge in [0, 0.05) is 13.1 Å². The zero-order valence-electron chi connectivity index (χ0n) is 14.7. The van der Waals surface area contributed by atoms with Crippen LogP contribution in [0.1, 0.15) is 30.2 Å². The maximum atomic E-state index is 12.6. The van der Waals surface area contributed by atoms with Gasteiger partial charge in [0.15, 0.2) is 17.3 Å². The summed E-state index contributed by atoms with van der Waals surface area (Å²) in [6, 6.07) is 10.8. The van der Waals surface area contributed by atoms with Crippen molar-refractivity contribution in [2.24, 2.45) is 0 Å². The van der Waals surface area contributed by atoms with E-state index in [9.17, 15) is 4.79 Å². The molecule has 1 saturated heterocycles. The fourth-order valence-electron chi connectivity index (χ4n) is 2.96. The van der Waals surface area contributed by atoms with Gasteiger partial charge in [-0.2, -0.15) is 0 Å². The maximum absolute atomic E-state index is 12.6. The summed E-state index contributed by atoms with van der Waals surface area (Å²) in [5.74, 6) is 2.07. The number of morpholine rings is 1. The number of carbonyl (C=O) groups excluding carboxylic acids is 1. The Labute approximate surface area is 147 Å². The summed E-state index contributed by atoms with van der Waals surface area (Å²) in [5, 5.41) is 0. The molecule has 134 valence electrons. The topological polar surface area (TPSA) is 61.1 Å². The van der Waals surface area contributed by atoms with Gasteiger partial charge in [0.1, 0.15) is 12.4 Å². The number of carbonyl (C=O) groups is 1. The Bertz CT molecular complexity index is 716. The molecule has 0 aliphatic carbocycles. The van der Waals surface area contributed by atoms with E-state index in [1.807, 2.05) is 38.1 Å². The Hall–Kier alpha value is -2.47. The van der Waals surface area contributed by atoms with Crippen molar-refractivity contribution in [3.05, 3.63) is 47.9 Å². The smallest absolute Gasteiger partial charge is 0.289 e. The lowest BCUT2D eigenvalue weighted by molar-refractivity contribution is -0.0592. The fourth-order valence-corrected chi connectivity index (χ4v) is 2.96. The molecule has 2 atom stereocenters. The third kappa shape index (κ3) is 4.14. The lowest BCUT2D eigenvalue weighted by Gasteiger charge is -2.34. The zero-order valence-corrected chi connectivity index (χ0v) is 14.7. The number of rotatable bonds is 5. The van der Waals surface area contributed by atoms with Gasteiger partial charge < -0.3 is 23.5 Å². The first-order chi connectivity index (χ1) is 12.1. The average Bonchev–Trinajstić information content (AvgIpc) is 3.07. The second-order valence-corrected chi connectivity index (χ2v) is 6.17. The largest absolute Gasteiger partial charge is 0.493 e. The van der Waals surface area contributed by atoms with E-state index in [-0.39, 0.29) is 24.7 Å². The second-order valence-electron chi connectivity index (χ2n) is 6.17. The van der Waals surface area contributed by atoms with Crippen LogP contribution in [0.15, 0.2) is 40.8 Å². The minimum Gasteiger partial charge on any atom is -0.493 e. The van der Waals surface area contributed by atoms with Crippen LogP contribution in [0.25, 0.3) is 0 Å². The van der Waals surface area contributed by atoms with Crippen LogP contribution in [0.2, 0.25) is 0 Å². The summed E-state index contributed by atoms with van der Waals surface area (Å²) < 4.78 is 22.3. The van der Waals surface area contributed by atoms with Crippen molar-refractivity contribution in [2.45, 2.75) is 32.7 Å². The summed E-state index contributed by atoms with van der Waals surface area (Å²) in [7, 11) is 1.59. The molecule has 2 heterocycles. The first kappa shape index (κ1) is 17.4. The highest BCUT2D eigenvalue weighted by atomic mass is 16.5. The number of hydrogen-bond donors (Lipinski definition) is 0. The molecule has 25 heavy (non-hydrogen) atoms. The van der Waals surface area contributed by atoms with Crippen LogP contribution in [-0.4, -0.2) is 43.2 Å². The molecule has 1 aromatic heterocycles. The molecule has 1 amide bonds. The number of amides is 1. The Morgan fingerprint density at radius 3 is 2.48 bits per heavy atom. The molecule has 3 rings (SSSR count). The van der Waals surface area contributed by atoms with E-state index in [0.717, 1.165) is 0 Å². The number of ether oxygens (including phenoxy) is 3. The average molecular weight is 345 g/mol. The van der Waals surface area contributed by atoms with E-state index in [4.69, 9.17) is 18.6 Å². The molecule has 6 nitrogen and oxygen atoms in total. The van der Waals surface area contributed by atoms with Gasteiger partial charge in [0.2, 0.25) is 0 Å². The molecule has 6 heteroatoms. The lowest BCUT2D eigenvalue weighted by atomic mass is 10.2. The van der Waals surface area contributed by atoms with Crippen LogP contribution >= 0.6 is 0 Å². The summed E-state index contributed by atoms with van der Waals surface area (Å²) in [4.78, 5) is 14.4. The number of methoxy groups -OCH3 is 1. The Kier molecular flexibility index (Phi) is 5.28. The van der Waals surface area contributed by atoms with Gasteiger partial charge in [0.25, 0.3) is 5.91 Å². The number of para-hydroxylation sites is 2. The van der Waals surface area contributed by atoms with Crippen LogP contribution in [0.3, 0.4) is 0 Å². The van der Waals surface area contributed by atoms with E-state index < -0.39 is 0 Å². The number of hydrogen-bond acceptors (Lipinski definition) is 5. The predicted molar refractivity (Wildman–Crippen MR) is 91.9 cm³/mol. The Morgan fingerprint density at radius 2 is 1.80 bits per heavy atom. The predicted octanol–water partition coefficient (Wildman–Crippen LogP) is 3.12. The van der Waals surface area contributed by atoms with E-state index in [0.29, 0.717) is 36.1 Å². The second kappa shape index (κ2) is 7.61. The molecule has 1 fully saturated rings. The van der Waals surface area contributed by atoms with Crippen molar-refractivity contribution < 1.29 is 23.4 Å². The molecule has 1 aromatic carbocycles. The molecule has 1 aliphatic rings. The third-order valence-corrected chi connectivity index (χ3v) is 4.02. The molecular formula is C19H23NO5. The fraction of sp³-hybridized carbons (Fsp3) is 0.421. The van der Waals surface area contributed by atoms with Crippen LogP contribution in [0.4, 0.5) is 0 Å². The van der Waals surface area contributed by atoms with Gasteiger partial charge in [-0.25, -0.2) is 0 Å². The molecule has 0 bridgehead atoms. The minimum absolute atomic E-state index is 0.0241. The molecule has 1 aliphatic heterocycles.